The van der Waals surface area contributed by atoms with Gasteiger partial charge in [-0.15, -0.1) is 5.92 Å². The lowest BCUT2D eigenvalue weighted by atomic mass is 10.1. The Morgan fingerprint density at radius 2 is 1.70 bits per heavy atom. The highest BCUT2D eigenvalue weighted by Gasteiger charge is 2.03. The summed E-state index contributed by atoms with van der Waals surface area (Å²) < 4.78 is 5.15. The number of benzene rings is 1. The van der Waals surface area contributed by atoms with Crippen LogP contribution >= 0.6 is 0 Å². The molecule has 1 aromatic carbocycles. The van der Waals surface area contributed by atoms with Gasteiger partial charge in [-0.1, -0.05) is 56.7 Å². The highest BCUT2D eigenvalue weighted by atomic mass is 16.5. The van der Waals surface area contributed by atoms with Crippen molar-refractivity contribution in [3.63, 3.8) is 0 Å². The van der Waals surface area contributed by atoms with E-state index in [1.54, 1.807) is 12.1 Å². The minimum atomic E-state index is -0.271. The molecule has 2 nitrogen and oxygen atoms in total. The highest BCUT2D eigenvalue weighted by molar-refractivity contribution is 5.89. The van der Waals surface area contributed by atoms with Gasteiger partial charge in [0.15, 0.2) is 0 Å². The van der Waals surface area contributed by atoms with Crippen molar-refractivity contribution in [2.24, 2.45) is 0 Å². The SMILES string of the molecule is CCCCCCCC#CCCOC(=O)c1ccccc1. The molecule has 0 radical (unpaired) electrons. The molecule has 0 unspecified atom stereocenters. The number of unbranched alkanes of at least 4 members (excludes halogenated alkanes) is 5. The minimum absolute atomic E-state index is 0.271. The first-order chi connectivity index (χ1) is 9.84. The topological polar surface area (TPSA) is 26.3 Å². The van der Waals surface area contributed by atoms with Crippen LogP contribution in [0.4, 0.5) is 0 Å². The van der Waals surface area contributed by atoms with E-state index in [0.717, 1.165) is 6.42 Å². The fraction of sp³-hybridized carbons (Fsp3) is 0.500. The number of carbonyl (C=O) groups is 1. The second-order valence-electron chi connectivity index (χ2n) is 4.77. The molecule has 20 heavy (non-hydrogen) atoms. The van der Waals surface area contributed by atoms with Gasteiger partial charge in [0.2, 0.25) is 0 Å². The lowest BCUT2D eigenvalue weighted by Crippen LogP contribution is -2.05. The predicted octanol–water partition coefficient (Wildman–Crippen LogP) is 4.60. The molecule has 2 heteroatoms. The average molecular weight is 272 g/mol. The smallest absolute Gasteiger partial charge is 0.338 e. The summed E-state index contributed by atoms with van der Waals surface area (Å²) in [4.78, 5) is 11.6. The fourth-order valence-electron chi connectivity index (χ4n) is 1.85. The maximum Gasteiger partial charge on any atom is 0.338 e. The molecule has 0 aromatic heterocycles. The Morgan fingerprint density at radius 3 is 2.45 bits per heavy atom. The molecule has 0 aliphatic carbocycles. The van der Waals surface area contributed by atoms with E-state index >= 15 is 0 Å². The van der Waals surface area contributed by atoms with Crippen LogP contribution in [0.1, 0.15) is 62.2 Å². The summed E-state index contributed by atoms with van der Waals surface area (Å²) in [6, 6.07) is 9.04. The standard InChI is InChI=1S/C18H24O2/c1-2-3-4-5-6-7-8-9-13-16-20-18(19)17-14-11-10-12-15-17/h10-12,14-15H,2-7,13,16H2,1H3. The van der Waals surface area contributed by atoms with E-state index in [1.165, 1.54) is 32.1 Å². The second-order valence-corrected chi connectivity index (χ2v) is 4.77. The molecule has 0 bridgehead atoms. The van der Waals surface area contributed by atoms with E-state index in [2.05, 4.69) is 18.8 Å². The first-order valence-corrected chi connectivity index (χ1v) is 7.52. The Hall–Kier alpha value is -1.75. The second kappa shape index (κ2) is 11.1. The van der Waals surface area contributed by atoms with Crippen LogP contribution in [0.15, 0.2) is 30.3 Å². The molecule has 1 aromatic rings. The zero-order valence-electron chi connectivity index (χ0n) is 12.4. The molecule has 0 aliphatic rings. The summed E-state index contributed by atoms with van der Waals surface area (Å²) in [7, 11) is 0. The Morgan fingerprint density at radius 1 is 1.00 bits per heavy atom. The van der Waals surface area contributed by atoms with Crippen LogP contribution < -0.4 is 0 Å². The van der Waals surface area contributed by atoms with E-state index in [4.69, 9.17) is 4.74 Å². The van der Waals surface area contributed by atoms with Crippen LogP contribution in [0.25, 0.3) is 0 Å². The Balaban J connectivity index is 2.03. The van der Waals surface area contributed by atoms with E-state index < -0.39 is 0 Å². The Labute approximate surface area is 122 Å². The van der Waals surface area contributed by atoms with E-state index in [0.29, 0.717) is 18.6 Å². The zero-order chi connectivity index (χ0) is 14.5. The summed E-state index contributed by atoms with van der Waals surface area (Å²) in [6.45, 7) is 2.59. The number of esters is 1. The van der Waals surface area contributed by atoms with Gasteiger partial charge < -0.3 is 4.74 Å². The van der Waals surface area contributed by atoms with Crippen LogP contribution in [0, 0.1) is 11.8 Å². The van der Waals surface area contributed by atoms with Crippen LogP contribution in [-0.4, -0.2) is 12.6 Å². The summed E-state index contributed by atoms with van der Waals surface area (Å²) >= 11 is 0. The van der Waals surface area contributed by atoms with Crippen molar-refractivity contribution < 1.29 is 9.53 Å². The van der Waals surface area contributed by atoms with Gasteiger partial charge in [-0.2, -0.15) is 0 Å². The Bertz CT molecular complexity index is 426. The van der Waals surface area contributed by atoms with Gasteiger partial charge in [-0.25, -0.2) is 4.79 Å². The molecule has 0 saturated carbocycles. The summed E-state index contributed by atoms with van der Waals surface area (Å²) in [5.41, 5.74) is 0.594. The third-order valence-electron chi connectivity index (χ3n) is 3.00. The number of hydrogen-bond donors (Lipinski definition) is 0. The third-order valence-corrected chi connectivity index (χ3v) is 3.00. The van der Waals surface area contributed by atoms with Gasteiger partial charge in [0, 0.05) is 12.8 Å². The van der Waals surface area contributed by atoms with Crippen LogP contribution in [0.2, 0.25) is 0 Å². The molecule has 0 N–H and O–H groups in total. The van der Waals surface area contributed by atoms with Gasteiger partial charge in [0.25, 0.3) is 0 Å². The average Bonchev–Trinajstić information content (AvgIpc) is 2.50. The molecule has 0 heterocycles. The van der Waals surface area contributed by atoms with Crippen molar-refractivity contribution in [1.29, 1.82) is 0 Å². The molecular weight excluding hydrogens is 248 g/mol. The molecule has 0 aliphatic heterocycles. The molecule has 0 atom stereocenters. The van der Waals surface area contributed by atoms with E-state index in [9.17, 15) is 4.79 Å². The monoisotopic (exact) mass is 272 g/mol. The van der Waals surface area contributed by atoms with Gasteiger partial charge in [0.1, 0.15) is 6.61 Å². The molecule has 0 fully saturated rings. The highest BCUT2D eigenvalue weighted by Crippen LogP contribution is 2.04. The zero-order valence-corrected chi connectivity index (χ0v) is 12.4. The lowest BCUT2D eigenvalue weighted by Gasteiger charge is -2.01. The third kappa shape index (κ3) is 7.63. The summed E-state index contributed by atoms with van der Waals surface area (Å²) in [5, 5.41) is 0. The van der Waals surface area contributed by atoms with Gasteiger partial charge in [0.05, 0.1) is 5.56 Å². The molecule has 0 amide bonds. The maximum atomic E-state index is 11.6. The normalized spacial score (nSPS) is 9.65. The quantitative estimate of drug-likeness (QED) is 0.393. The lowest BCUT2D eigenvalue weighted by molar-refractivity contribution is 0.0513. The van der Waals surface area contributed by atoms with Gasteiger partial charge in [-0.3, -0.25) is 0 Å². The maximum absolute atomic E-state index is 11.6. The minimum Gasteiger partial charge on any atom is -0.461 e. The van der Waals surface area contributed by atoms with E-state index in [1.807, 2.05) is 18.2 Å². The molecule has 108 valence electrons. The summed E-state index contributed by atoms with van der Waals surface area (Å²) in [6.07, 6.45) is 7.93. The van der Waals surface area contributed by atoms with Crippen LogP contribution in [-0.2, 0) is 4.74 Å². The van der Waals surface area contributed by atoms with Crippen molar-refractivity contribution in [3.05, 3.63) is 35.9 Å². The number of ether oxygens (including phenoxy) is 1. The van der Waals surface area contributed by atoms with Crippen molar-refractivity contribution in [1.82, 2.24) is 0 Å². The molecular formula is C18H24O2. The van der Waals surface area contributed by atoms with Gasteiger partial charge >= 0.3 is 5.97 Å². The summed E-state index contributed by atoms with van der Waals surface area (Å²) in [5.74, 6) is 5.92. The van der Waals surface area contributed by atoms with Crippen LogP contribution in [0.5, 0.6) is 0 Å². The van der Waals surface area contributed by atoms with Crippen LogP contribution in [0.3, 0.4) is 0 Å². The van der Waals surface area contributed by atoms with Gasteiger partial charge in [-0.05, 0) is 18.6 Å². The van der Waals surface area contributed by atoms with E-state index in [-0.39, 0.29) is 5.97 Å². The first kappa shape index (κ1) is 16.3. The molecule has 0 spiro atoms. The first-order valence-electron chi connectivity index (χ1n) is 7.52. The van der Waals surface area contributed by atoms with Crippen molar-refractivity contribution in [2.45, 2.75) is 51.9 Å². The number of carbonyl (C=O) groups excluding carboxylic acids is 1. The van der Waals surface area contributed by atoms with Crippen molar-refractivity contribution in [3.8, 4) is 11.8 Å². The Kier molecular flexibility index (Phi) is 9.06. The van der Waals surface area contributed by atoms with Crippen molar-refractivity contribution >= 4 is 5.97 Å². The number of rotatable bonds is 8. The largest absolute Gasteiger partial charge is 0.461 e. The fourth-order valence-corrected chi connectivity index (χ4v) is 1.85. The van der Waals surface area contributed by atoms with Crippen molar-refractivity contribution in [2.75, 3.05) is 6.61 Å². The molecule has 1 rings (SSSR count). The predicted molar refractivity (Wildman–Crippen MR) is 82.5 cm³/mol. The molecule has 0 saturated heterocycles. The number of hydrogen-bond acceptors (Lipinski definition) is 2.